The summed E-state index contributed by atoms with van der Waals surface area (Å²) in [5.41, 5.74) is -1.39. The zero-order valence-electron chi connectivity index (χ0n) is 22.8. The van der Waals surface area contributed by atoms with Crippen molar-refractivity contribution in [2.45, 2.75) is 115 Å². The first kappa shape index (κ1) is 29.2. The monoisotopic (exact) mass is 500 g/mol. The number of rotatable bonds is 8. The predicted octanol–water partition coefficient (Wildman–Crippen LogP) is 4.97. The highest BCUT2D eigenvalue weighted by atomic mass is 16.8. The van der Waals surface area contributed by atoms with Gasteiger partial charge >= 0.3 is 12.3 Å². The van der Waals surface area contributed by atoms with Crippen LogP contribution in [-0.2, 0) is 28.6 Å². The molecule has 10 nitrogen and oxygen atoms in total. The van der Waals surface area contributed by atoms with Crippen LogP contribution < -0.4 is 0 Å². The highest BCUT2D eigenvalue weighted by molar-refractivity contribution is 5.61. The van der Waals surface area contributed by atoms with E-state index in [1.165, 1.54) is 6.26 Å². The summed E-state index contributed by atoms with van der Waals surface area (Å²) in [5, 5.41) is 3.81. The van der Waals surface area contributed by atoms with Gasteiger partial charge in [-0.3, -0.25) is 0 Å². The van der Waals surface area contributed by atoms with E-state index in [4.69, 9.17) is 28.6 Å². The minimum atomic E-state index is -0.799. The number of nitrogens with zero attached hydrogens (tertiary/aromatic N) is 2. The van der Waals surface area contributed by atoms with Crippen molar-refractivity contribution in [3.05, 3.63) is 12.8 Å². The minimum absolute atomic E-state index is 0.125. The maximum Gasteiger partial charge on any atom is 0.508 e. The summed E-state index contributed by atoms with van der Waals surface area (Å²) in [7, 11) is 1.64. The quantitative estimate of drug-likeness (QED) is 0.258. The Labute approximate surface area is 209 Å². The molecule has 10 heteroatoms. The van der Waals surface area contributed by atoms with Gasteiger partial charge in [0, 0.05) is 36.8 Å². The van der Waals surface area contributed by atoms with Gasteiger partial charge in [0.2, 0.25) is 0 Å². The molecule has 0 spiro atoms. The third-order valence-corrected chi connectivity index (χ3v) is 6.52. The maximum atomic E-state index is 12.2. The Hall–Kier alpha value is -2.04. The molecule has 0 unspecified atom stereocenters. The van der Waals surface area contributed by atoms with Crippen molar-refractivity contribution in [3.8, 4) is 0 Å². The van der Waals surface area contributed by atoms with E-state index < -0.39 is 12.3 Å². The number of ether oxygens (including phenoxy) is 4. The Morgan fingerprint density at radius 2 is 1.09 bits per heavy atom. The van der Waals surface area contributed by atoms with Crippen molar-refractivity contribution < 1.29 is 38.2 Å². The molecule has 0 N–H and O–H groups in total. The number of hydrogen-bond acceptors (Lipinski definition) is 10. The fourth-order valence-corrected chi connectivity index (χ4v) is 5.95. The Morgan fingerprint density at radius 3 is 1.40 bits per heavy atom. The average Bonchev–Trinajstić information content (AvgIpc) is 2.65. The maximum absolute atomic E-state index is 12.2. The number of carbonyl (C=O) groups excluding carboxylic acids is 2. The molecule has 0 radical (unpaired) electrons. The Kier molecular flexibility index (Phi) is 9.11. The van der Waals surface area contributed by atoms with Crippen LogP contribution in [0.5, 0.6) is 0 Å². The largest absolute Gasteiger partial charge is 0.508 e. The van der Waals surface area contributed by atoms with Crippen LogP contribution in [-0.4, -0.2) is 77.1 Å². The highest BCUT2D eigenvalue weighted by Gasteiger charge is 2.49. The van der Waals surface area contributed by atoms with Gasteiger partial charge in [0.1, 0.15) is 31.7 Å². The summed E-state index contributed by atoms with van der Waals surface area (Å²) in [4.78, 5) is 35.6. The second-order valence-corrected chi connectivity index (χ2v) is 11.8. The van der Waals surface area contributed by atoms with Gasteiger partial charge in [0.15, 0.2) is 0 Å². The Morgan fingerprint density at radius 1 is 0.743 bits per heavy atom. The third-order valence-electron chi connectivity index (χ3n) is 6.52. The van der Waals surface area contributed by atoms with Gasteiger partial charge in [-0.15, -0.1) is 5.06 Å². The van der Waals surface area contributed by atoms with Crippen LogP contribution in [0.3, 0.4) is 0 Å². The minimum Gasteiger partial charge on any atom is -0.431 e. The summed E-state index contributed by atoms with van der Waals surface area (Å²) in [5.74, 6) is 0. The first-order valence-electron chi connectivity index (χ1n) is 12.1. The molecule has 2 rings (SSSR count). The average molecular weight is 501 g/mol. The molecule has 0 aromatic heterocycles. The molecule has 0 amide bonds. The molecule has 0 atom stereocenters. The summed E-state index contributed by atoms with van der Waals surface area (Å²) in [6.07, 6.45) is 1.49. The van der Waals surface area contributed by atoms with Gasteiger partial charge in [-0.2, -0.15) is 5.06 Å². The van der Waals surface area contributed by atoms with Crippen molar-refractivity contribution in [1.82, 2.24) is 10.1 Å². The molecule has 202 valence electrons. The van der Waals surface area contributed by atoms with Crippen LogP contribution in [0, 0.1) is 0 Å². The molecule has 0 saturated carbocycles. The van der Waals surface area contributed by atoms with E-state index in [0.717, 1.165) is 0 Å². The molecule has 0 aromatic carbocycles. The molecule has 2 fully saturated rings. The first-order valence-corrected chi connectivity index (χ1v) is 12.1. The van der Waals surface area contributed by atoms with Gasteiger partial charge in [0.25, 0.3) is 0 Å². The molecule has 0 aromatic rings. The lowest BCUT2D eigenvalue weighted by atomic mass is 9.80. The zero-order valence-corrected chi connectivity index (χ0v) is 22.8. The molecule has 2 aliphatic rings. The highest BCUT2D eigenvalue weighted by Crippen LogP contribution is 2.41. The summed E-state index contributed by atoms with van der Waals surface area (Å²) in [6.45, 7) is 19.6. The number of hydrogen-bond donors (Lipinski definition) is 0. The number of piperidine rings is 2. The molecule has 35 heavy (non-hydrogen) atoms. The smallest absolute Gasteiger partial charge is 0.431 e. The van der Waals surface area contributed by atoms with Crippen LogP contribution in [0.25, 0.3) is 0 Å². The van der Waals surface area contributed by atoms with Crippen molar-refractivity contribution in [3.63, 3.8) is 0 Å². The lowest BCUT2D eigenvalue weighted by molar-refractivity contribution is -0.277. The fourth-order valence-electron chi connectivity index (χ4n) is 5.95. The van der Waals surface area contributed by atoms with Gasteiger partial charge in [0.05, 0.1) is 18.2 Å². The Bertz CT molecular complexity index is 729. The molecule has 2 heterocycles. The zero-order chi connectivity index (χ0) is 26.7. The van der Waals surface area contributed by atoms with E-state index in [0.29, 0.717) is 25.7 Å². The first-order chi connectivity index (χ1) is 16.0. The van der Waals surface area contributed by atoms with Crippen molar-refractivity contribution in [2.24, 2.45) is 0 Å². The molecule has 2 saturated heterocycles. The lowest BCUT2D eigenvalue weighted by Gasteiger charge is -2.52. The van der Waals surface area contributed by atoms with Crippen molar-refractivity contribution in [2.75, 3.05) is 20.3 Å². The third kappa shape index (κ3) is 7.47. The molecular formula is C25H44N2O8. The van der Waals surface area contributed by atoms with E-state index in [2.05, 4.69) is 6.58 Å². The van der Waals surface area contributed by atoms with Gasteiger partial charge in [-0.25, -0.2) is 9.59 Å². The van der Waals surface area contributed by atoms with E-state index in [-0.39, 0.29) is 47.6 Å². The lowest BCUT2D eigenvalue weighted by Crippen LogP contribution is -2.61. The molecule has 2 aliphatic heterocycles. The fraction of sp³-hybridized carbons (Fsp3) is 0.840. The summed E-state index contributed by atoms with van der Waals surface area (Å²) >= 11 is 0. The SMILES string of the molecule is C=CON1C(C)(C)CC(OC(=O)OCCOC(=O)OC2CC(C)(C)N(OC)C(C)(C)C2)CC1(C)C. The second kappa shape index (κ2) is 10.9. The normalized spacial score (nSPS) is 24.3. The predicted molar refractivity (Wildman–Crippen MR) is 129 cm³/mol. The standard InChI is InChI=1S/C25H44N2O8/c1-11-33-27-24(6,7)16-19(17-25(27,8)9)35-21(29)32-13-12-31-20(28)34-18-14-22(2,3)26(30-10)23(4,5)15-18/h11,18-19H,1,12-17H2,2-10H3. The van der Waals surface area contributed by atoms with Crippen molar-refractivity contribution >= 4 is 12.3 Å². The van der Waals surface area contributed by atoms with Crippen LogP contribution in [0.4, 0.5) is 9.59 Å². The number of carbonyl (C=O) groups is 2. The van der Waals surface area contributed by atoms with Gasteiger partial charge < -0.3 is 28.6 Å². The Balaban J connectivity index is 1.75. The van der Waals surface area contributed by atoms with Gasteiger partial charge in [-0.05, 0) is 55.4 Å². The topological polar surface area (TPSA) is 96.0 Å². The second-order valence-electron chi connectivity index (χ2n) is 11.8. The van der Waals surface area contributed by atoms with Crippen LogP contribution in [0.1, 0.15) is 81.1 Å². The van der Waals surface area contributed by atoms with Crippen LogP contribution in [0.15, 0.2) is 12.8 Å². The van der Waals surface area contributed by atoms with Gasteiger partial charge in [-0.1, -0.05) is 6.58 Å². The van der Waals surface area contributed by atoms with Crippen LogP contribution in [0.2, 0.25) is 0 Å². The number of hydroxylamine groups is 4. The van der Waals surface area contributed by atoms with E-state index in [1.807, 2.05) is 65.5 Å². The van der Waals surface area contributed by atoms with E-state index in [9.17, 15) is 9.59 Å². The summed E-state index contributed by atoms with van der Waals surface area (Å²) in [6, 6.07) is 0. The molecule has 0 aliphatic carbocycles. The van der Waals surface area contributed by atoms with Crippen molar-refractivity contribution in [1.29, 1.82) is 0 Å². The molecule has 0 bridgehead atoms. The van der Waals surface area contributed by atoms with E-state index >= 15 is 0 Å². The van der Waals surface area contributed by atoms with Crippen LogP contribution >= 0.6 is 0 Å². The van der Waals surface area contributed by atoms with E-state index in [1.54, 1.807) is 7.11 Å². The molecular weight excluding hydrogens is 456 g/mol. The summed E-state index contributed by atoms with van der Waals surface area (Å²) < 4.78 is 21.3.